The van der Waals surface area contributed by atoms with Crippen molar-refractivity contribution in [3.63, 3.8) is 0 Å². The van der Waals surface area contributed by atoms with E-state index in [4.69, 9.17) is 0 Å². The number of nitrogens with zero attached hydrogens (tertiary/aromatic N) is 3. The van der Waals surface area contributed by atoms with Crippen LogP contribution in [-0.4, -0.2) is 21.5 Å². The lowest BCUT2D eigenvalue weighted by molar-refractivity contribution is 0.592. The Morgan fingerprint density at radius 3 is 2.88 bits per heavy atom. The Morgan fingerprint density at radius 2 is 2.06 bits per heavy atom. The molecular formula is C12H16N4. The number of hydrogen-bond donors (Lipinski definition) is 1. The fourth-order valence-corrected chi connectivity index (χ4v) is 1.38. The van der Waals surface area contributed by atoms with Crippen molar-refractivity contribution < 1.29 is 0 Å². The smallest absolute Gasteiger partial charge is 0.180 e. The van der Waals surface area contributed by atoms with Crippen LogP contribution in [-0.2, 0) is 0 Å². The van der Waals surface area contributed by atoms with E-state index in [0.29, 0.717) is 11.6 Å². The Kier molecular flexibility index (Phi) is 3.29. The third-order valence-corrected chi connectivity index (χ3v) is 2.66. The summed E-state index contributed by atoms with van der Waals surface area (Å²) in [5.41, 5.74) is 1.52. The number of aromatic nitrogens is 3. The van der Waals surface area contributed by atoms with Gasteiger partial charge in [-0.2, -0.15) is 0 Å². The molecule has 4 nitrogen and oxygen atoms in total. The van der Waals surface area contributed by atoms with E-state index in [9.17, 15) is 0 Å². The molecule has 2 aromatic heterocycles. The first-order valence-corrected chi connectivity index (χ1v) is 5.61. The minimum absolute atomic E-state index is 0.652. The number of nitrogens with one attached hydrogen (secondary N) is 1. The highest BCUT2D eigenvalue weighted by atomic mass is 15.0. The highest BCUT2D eigenvalue weighted by Crippen LogP contribution is 2.11. The quantitative estimate of drug-likeness (QED) is 0.853. The van der Waals surface area contributed by atoms with Crippen molar-refractivity contribution in [2.45, 2.75) is 20.3 Å². The minimum atomic E-state index is 0.652. The maximum atomic E-state index is 4.40. The van der Waals surface area contributed by atoms with Crippen molar-refractivity contribution in [1.82, 2.24) is 15.0 Å². The predicted molar refractivity (Wildman–Crippen MR) is 65.3 cm³/mol. The molecule has 2 heterocycles. The summed E-state index contributed by atoms with van der Waals surface area (Å²) in [7, 11) is 0. The second-order valence-corrected chi connectivity index (χ2v) is 3.99. The van der Waals surface area contributed by atoms with Crippen LogP contribution in [0, 0.1) is 5.92 Å². The largest absolute Gasteiger partial charge is 0.370 e. The van der Waals surface area contributed by atoms with Crippen molar-refractivity contribution in [3.05, 3.63) is 24.5 Å². The third kappa shape index (κ3) is 2.45. The van der Waals surface area contributed by atoms with E-state index >= 15 is 0 Å². The summed E-state index contributed by atoms with van der Waals surface area (Å²) in [4.78, 5) is 12.8. The van der Waals surface area contributed by atoms with Gasteiger partial charge in [0, 0.05) is 18.9 Å². The van der Waals surface area contributed by atoms with Gasteiger partial charge in [0.2, 0.25) is 0 Å². The highest BCUT2D eigenvalue weighted by molar-refractivity contribution is 5.71. The number of fused-ring (bicyclic) bond motifs is 1. The molecule has 0 radical (unpaired) electrons. The maximum absolute atomic E-state index is 4.40. The van der Waals surface area contributed by atoms with Crippen LogP contribution in [0.2, 0.25) is 0 Å². The molecule has 84 valence electrons. The van der Waals surface area contributed by atoms with Gasteiger partial charge in [-0.15, -0.1) is 0 Å². The van der Waals surface area contributed by atoms with E-state index in [2.05, 4.69) is 34.1 Å². The van der Waals surface area contributed by atoms with Crippen LogP contribution in [0.1, 0.15) is 20.3 Å². The summed E-state index contributed by atoms with van der Waals surface area (Å²) in [6.07, 6.45) is 4.50. The molecule has 1 atom stereocenters. The van der Waals surface area contributed by atoms with Crippen LogP contribution in [0.25, 0.3) is 11.2 Å². The number of rotatable bonds is 4. The molecule has 1 unspecified atom stereocenters. The van der Waals surface area contributed by atoms with Crippen molar-refractivity contribution in [2.75, 3.05) is 11.9 Å². The van der Waals surface area contributed by atoms with Crippen molar-refractivity contribution in [3.8, 4) is 0 Å². The molecule has 0 bridgehead atoms. The zero-order chi connectivity index (χ0) is 11.4. The van der Waals surface area contributed by atoms with Crippen LogP contribution in [0.5, 0.6) is 0 Å². The van der Waals surface area contributed by atoms with Crippen LogP contribution in [0.3, 0.4) is 0 Å². The van der Waals surface area contributed by atoms with Gasteiger partial charge in [-0.3, -0.25) is 4.98 Å². The van der Waals surface area contributed by atoms with E-state index in [-0.39, 0.29) is 0 Å². The zero-order valence-corrected chi connectivity index (χ0v) is 9.64. The molecule has 0 amide bonds. The first-order valence-electron chi connectivity index (χ1n) is 5.61. The monoisotopic (exact) mass is 216 g/mol. The molecule has 0 saturated carbocycles. The molecule has 0 aliphatic heterocycles. The minimum Gasteiger partial charge on any atom is -0.370 e. The van der Waals surface area contributed by atoms with Crippen molar-refractivity contribution >= 4 is 17.0 Å². The normalized spacial score (nSPS) is 12.6. The van der Waals surface area contributed by atoms with Gasteiger partial charge in [0.1, 0.15) is 11.3 Å². The summed E-state index contributed by atoms with van der Waals surface area (Å²) in [5, 5.41) is 3.31. The average Bonchev–Trinajstić information content (AvgIpc) is 2.35. The standard InChI is InChI=1S/C12H16N4/c1-3-9(2)8-15-11-5-4-10-12(16-11)14-7-6-13-10/h4-7,9H,3,8H2,1-2H3,(H,14,15,16). The molecule has 1 N–H and O–H groups in total. The number of pyridine rings is 1. The van der Waals surface area contributed by atoms with E-state index in [1.54, 1.807) is 12.4 Å². The lowest BCUT2D eigenvalue weighted by atomic mass is 10.1. The van der Waals surface area contributed by atoms with Crippen LogP contribution < -0.4 is 5.32 Å². The highest BCUT2D eigenvalue weighted by Gasteiger charge is 2.01. The van der Waals surface area contributed by atoms with Crippen molar-refractivity contribution in [2.24, 2.45) is 5.92 Å². The summed E-state index contributed by atoms with van der Waals surface area (Å²) < 4.78 is 0. The molecule has 0 aliphatic rings. The first kappa shape index (κ1) is 10.8. The lowest BCUT2D eigenvalue weighted by Gasteiger charge is -2.10. The summed E-state index contributed by atoms with van der Waals surface area (Å²) >= 11 is 0. The van der Waals surface area contributed by atoms with E-state index in [1.165, 1.54) is 6.42 Å². The molecule has 2 rings (SSSR count). The molecule has 0 aliphatic carbocycles. The lowest BCUT2D eigenvalue weighted by Crippen LogP contribution is -2.11. The van der Waals surface area contributed by atoms with Crippen LogP contribution in [0.4, 0.5) is 5.82 Å². The Labute approximate surface area is 95.1 Å². The molecular weight excluding hydrogens is 200 g/mol. The first-order chi connectivity index (χ1) is 7.79. The van der Waals surface area contributed by atoms with Gasteiger partial charge in [-0.25, -0.2) is 9.97 Å². The van der Waals surface area contributed by atoms with Crippen molar-refractivity contribution in [1.29, 1.82) is 0 Å². The summed E-state index contributed by atoms with van der Waals surface area (Å²) in [5.74, 6) is 1.52. The molecule has 0 fully saturated rings. The molecule has 2 aromatic rings. The Bertz CT molecular complexity index is 469. The number of hydrogen-bond acceptors (Lipinski definition) is 4. The van der Waals surface area contributed by atoms with Gasteiger partial charge in [0.25, 0.3) is 0 Å². The van der Waals surface area contributed by atoms with Gasteiger partial charge in [0.05, 0.1) is 0 Å². The van der Waals surface area contributed by atoms with Crippen LogP contribution >= 0.6 is 0 Å². The zero-order valence-electron chi connectivity index (χ0n) is 9.64. The van der Waals surface area contributed by atoms with Gasteiger partial charge in [-0.1, -0.05) is 20.3 Å². The molecule has 4 heteroatoms. The Hall–Kier alpha value is -1.71. The van der Waals surface area contributed by atoms with Crippen LogP contribution in [0.15, 0.2) is 24.5 Å². The van der Waals surface area contributed by atoms with Gasteiger partial charge >= 0.3 is 0 Å². The summed E-state index contributed by atoms with van der Waals surface area (Å²) in [6, 6.07) is 3.88. The van der Waals surface area contributed by atoms with E-state index < -0.39 is 0 Å². The van der Waals surface area contributed by atoms with Gasteiger partial charge in [0.15, 0.2) is 5.65 Å². The topological polar surface area (TPSA) is 50.7 Å². The Morgan fingerprint density at radius 1 is 1.25 bits per heavy atom. The summed E-state index contributed by atoms with van der Waals surface area (Å²) in [6.45, 7) is 5.34. The Balaban J connectivity index is 2.13. The molecule has 0 spiro atoms. The number of anilines is 1. The second kappa shape index (κ2) is 4.88. The fraction of sp³-hybridized carbons (Fsp3) is 0.417. The maximum Gasteiger partial charge on any atom is 0.180 e. The van der Waals surface area contributed by atoms with Gasteiger partial charge < -0.3 is 5.32 Å². The van der Waals surface area contributed by atoms with E-state index in [0.717, 1.165) is 17.9 Å². The molecule has 16 heavy (non-hydrogen) atoms. The predicted octanol–water partition coefficient (Wildman–Crippen LogP) is 2.48. The third-order valence-electron chi connectivity index (χ3n) is 2.66. The molecule has 0 saturated heterocycles. The fourth-order valence-electron chi connectivity index (χ4n) is 1.38. The van der Waals surface area contributed by atoms with Gasteiger partial charge in [-0.05, 0) is 18.1 Å². The average molecular weight is 216 g/mol. The van der Waals surface area contributed by atoms with E-state index in [1.807, 2.05) is 12.1 Å². The molecule has 0 aromatic carbocycles. The SMILES string of the molecule is CCC(C)CNc1ccc2nccnc2n1. The second-order valence-electron chi connectivity index (χ2n) is 3.99.